The Kier molecular flexibility index (Phi) is 4.21. The molecule has 0 saturated heterocycles. The predicted molar refractivity (Wildman–Crippen MR) is 82.1 cm³/mol. The topological polar surface area (TPSA) is 0 Å². The minimum atomic E-state index is -1.42. The van der Waals surface area contributed by atoms with Gasteiger partial charge in [-0.3, -0.25) is 0 Å². The van der Waals surface area contributed by atoms with Gasteiger partial charge in [-0.05, 0) is 34.2 Å². The SMILES string of the molecule is C.CCCc1ccc2c(ccc3c(F)c(F)c(F)cc32)c1. The maximum absolute atomic E-state index is 13.8. The largest absolute Gasteiger partial charge is 0.204 e. The number of halogens is 3. The van der Waals surface area contributed by atoms with Gasteiger partial charge in [0.15, 0.2) is 17.5 Å². The van der Waals surface area contributed by atoms with Crippen molar-refractivity contribution in [3.8, 4) is 0 Å². The molecule has 0 aliphatic heterocycles. The highest BCUT2D eigenvalue weighted by Gasteiger charge is 2.14. The van der Waals surface area contributed by atoms with Gasteiger partial charge in [0.2, 0.25) is 0 Å². The summed E-state index contributed by atoms with van der Waals surface area (Å²) in [5, 5.41) is 2.16. The Bertz CT molecular complexity index is 807. The first-order chi connectivity index (χ1) is 9.61. The molecular weight excluding hydrogens is 273 g/mol. The summed E-state index contributed by atoms with van der Waals surface area (Å²) in [4.78, 5) is 0. The highest BCUT2D eigenvalue weighted by atomic mass is 19.2. The van der Waals surface area contributed by atoms with Crippen molar-refractivity contribution in [3.63, 3.8) is 0 Å². The maximum Gasteiger partial charge on any atom is 0.195 e. The third kappa shape index (κ3) is 2.48. The third-order valence-corrected chi connectivity index (χ3v) is 3.57. The minimum Gasteiger partial charge on any atom is -0.204 e. The molecule has 3 rings (SSSR count). The van der Waals surface area contributed by atoms with E-state index in [2.05, 4.69) is 6.92 Å². The van der Waals surface area contributed by atoms with Gasteiger partial charge in [-0.2, -0.15) is 0 Å². The van der Waals surface area contributed by atoms with Gasteiger partial charge in [0.05, 0.1) is 0 Å². The van der Waals surface area contributed by atoms with Crippen molar-refractivity contribution < 1.29 is 13.2 Å². The summed E-state index contributed by atoms with van der Waals surface area (Å²) in [6.45, 7) is 2.10. The van der Waals surface area contributed by atoms with Crippen LogP contribution in [0.1, 0.15) is 26.3 Å². The average Bonchev–Trinajstić information content (AvgIpc) is 2.45. The van der Waals surface area contributed by atoms with Crippen molar-refractivity contribution in [1.82, 2.24) is 0 Å². The molecule has 3 aromatic rings. The van der Waals surface area contributed by atoms with Crippen LogP contribution in [-0.4, -0.2) is 0 Å². The van der Waals surface area contributed by atoms with Gasteiger partial charge in [0.25, 0.3) is 0 Å². The molecule has 0 saturated carbocycles. The summed E-state index contributed by atoms with van der Waals surface area (Å²) in [6.07, 6.45) is 1.99. The molecule has 110 valence electrons. The number of aryl methyl sites for hydroxylation is 1. The van der Waals surface area contributed by atoms with Crippen molar-refractivity contribution in [2.45, 2.75) is 27.2 Å². The first kappa shape index (κ1) is 15.4. The van der Waals surface area contributed by atoms with Gasteiger partial charge < -0.3 is 0 Å². The molecule has 21 heavy (non-hydrogen) atoms. The van der Waals surface area contributed by atoms with E-state index in [4.69, 9.17) is 0 Å². The van der Waals surface area contributed by atoms with Crippen molar-refractivity contribution in [2.24, 2.45) is 0 Å². The molecule has 0 radical (unpaired) electrons. The Balaban J connectivity index is 0.00000161. The molecule has 0 spiro atoms. The fourth-order valence-corrected chi connectivity index (χ4v) is 2.61. The molecule has 0 fully saturated rings. The fraction of sp³-hybridized carbons (Fsp3) is 0.222. The molecule has 3 heteroatoms. The highest BCUT2D eigenvalue weighted by Crippen LogP contribution is 2.30. The molecule has 0 bridgehead atoms. The summed E-state index contributed by atoms with van der Waals surface area (Å²) in [5.41, 5.74) is 1.18. The van der Waals surface area contributed by atoms with E-state index in [1.807, 2.05) is 18.2 Å². The minimum absolute atomic E-state index is 0. The Hall–Kier alpha value is -2.03. The zero-order chi connectivity index (χ0) is 14.3. The quantitative estimate of drug-likeness (QED) is 0.401. The predicted octanol–water partition coefficient (Wildman–Crippen LogP) is 6.00. The number of rotatable bonds is 2. The monoisotopic (exact) mass is 290 g/mol. The molecule has 3 aromatic carbocycles. The van der Waals surface area contributed by atoms with Gasteiger partial charge >= 0.3 is 0 Å². The van der Waals surface area contributed by atoms with E-state index in [1.54, 1.807) is 6.07 Å². The van der Waals surface area contributed by atoms with E-state index < -0.39 is 17.5 Å². The zero-order valence-corrected chi connectivity index (χ0v) is 11.0. The van der Waals surface area contributed by atoms with E-state index in [-0.39, 0.29) is 12.8 Å². The molecule has 0 amide bonds. The molecule has 0 heterocycles. The number of hydrogen-bond acceptors (Lipinski definition) is 0. The Morgan fingerprint density at radius 2 is 1.52 bits per heavy atom. The zero-order valence-electron chi connectivity index (χ0n) is 11.0. The second-order valence-corrected chi connectivity index (χ2v) is 4.95. The van der Waals surface area contributed by atoms with Gasteiger partial charge in [0.1, 0.15) is 0 Å². The van der Waals surface area contributed by atoms with Crippen molar-refractivity contribution >= 4 is 21.5 Å². The molecule has 0 aliphatic rings. The fourth-order valence-electron chi connectivity index (χ4n) is 2.61. The van der Waals surface area contributed by atoms with Crippen molar-refractivity contribution in [1.29, 1.82) is 0 Å². The van der Waals surface area contributed by atoms with Crippen LogP contribution in [0.25, 0.3) is 21.5 Å². The second-order valence-electron chi connectivity index (χ2n) is 4.95. The highest BCUT2D eigenvalue weighted by molar-refractivity contribution is 6.07. The molecule has 0 N–H and O–H groups in total. The maximum atomic E-state index is 13.8. The summed E-state index contributed by atoms with van der Waals surface area (Å²) < 4.78 is 40.5. The van der Waals surface area contributed by atoms with Gasteiger partial charge in [0, 0.05) is 5.39 Å². The first-order valence-corrected chi connectivity index (χ1v) is 6.60. The lowest BCUT2D eigenvalue weighted by Gasteiger charge is -2.08. The number of benzene rings is 3. The Morgan fingerprint density at radius 1 is 0.810 bits per heavy atom. The van der Waals surface area contributed by atoms with Crippen LogP contribution in [0, 0.1) is 17.5 Å². The summed E-state index contributed by atoms with van der Waals surface area (Å²) in [6, 6.07) is 10.1. The average molecular weight is 290 g/mol. The molecule has 0 atom stereocenters. The summed E-state index contributed by atoms with van der Waals surface area (Å²) in [5.74, 6) is -3.70. The van der Waals surface area contributed by atoms with Crippen LogP contribution in [0.4, 0.5) is 13.2 Å². The normalized spacial score (nSPS) is 10.9. The smallest absolute Gasteiger partial charge is 0.195 e. The van der Waals surface area contributed by atoms with Gasteiger partial charge in [-0.1, -0.05) is 51.1 Å². The Morgan fingerprint density at radius 3 is 2.24 bits per heavy atom. The van der Waals surface area contributed by atoms with E-state index in [0.29, 0.717) is 5.39 Å². The summed E-state index contributed by atoms with van der Waals surface area (Å²) in [7, 11) is 0. The van der Waals surface area contributed by atoms with Crippen LogP contribution in [0.15, 0.2) is 36.4 Å². The van der Waals surface area contributed by atoms with Crippen LogP contribution in [0.3, 0.4) is 0 Å². The standard InChI is InChI=1S/C17H13F3.CH4/c1-2-3-10-4-6-12-11(8-10)5-7-13-14(12)9-15(18)17(20)16(13)19;/h4-9H,2-3H2,1H3;1H4. The van der Waals surface area contributed by atoms with Crippen LogP contribution >= 0.6 is 0 Å². The number of fused-ring (bicyclic) bond motifs is 3. The Labute approximate surface area is 122 Å². The van der Waals surface area contributed by atoms with E-state index in [0.717, 1.165) is 29.7 Å². The van der Waals surface area contributed by atoms with Gasteiger partial charge in [-0.15, -0.1) is 0 Å². The van der Waals surface area contributed by atoms with Crippen molar-refractivity contribution in [2.75, 3.05) is 0 Å². The van der Waals surface area contributed by atoms with Crippen LogP contribution in [0.5, 0.6) is 0 Å². The summed E-state index contributed by atoms with van der Waals surface area (Å²) >= 11 is 0. The second kappa shape index (κ2) is 5.76. The van der Waals surface area contributed by atoms with Crippen LogP contribution in [-0.2, 0) is 6.42 Å². The van der Waals surface area contributed by atoms with Gasteiger partial charge in [-0.25, -0.2) is 13.2 Å². The van der Waals surface area contributed by atoms with E-state index in [1.165, 1.54) is 11.6 Å². The van der Waals surface area contributed by atoms with Crippen molar-refractivity contribution in [3.05, 3.63) is 59.4 Å². The lowest BCUT2D eigenvalue weighted by atomic mass is 9.98. The van der Waals surface area contributed by atoms with E-state index >= 15 is 0 Å². The number of hydrogen-bond donors (Lipinski definition) is 0. The first-order valence-electron chi connectivity index (χ1n) is 6.60. The molecule has 0 nitrogen and oxygen atoms in total. The molecule has 0 unspecified atom stereocenters. The third-order valence-electron chi connectivity index (χ3n) is 3.57. The lowest BCUT2D eigenvalue weighted by Crippen LogP contribution is -1.93. The van der Waals surface area contributed by atoms with Crippen LogP contribution < -0.4 is 0 Å². The molecular formula is C18H17F3. The van der Waals surface area contributed by atoms with Crippen LogP contribution in [0.2, 0.25) is 0 Å². The molecule has 0 aliphatic carbocycles. The lowest BCUT2D eigenvalue weighted by molar-refractivity contribution is 0.453. The molecule has 0 aromatic heterocycles. The van der Waals surface area contributed by atoms with E-state index in [9.17, 15) is 13.2 Å².